The van der Waals surface area contributed by atoms with Crippen molar-refractivity contribution in [2.24, 2.45) is 0 Å². The van der Waals surface area contributed by atoms with Crippen LogP contribution in [0.15, 0.2) is 48.5 Å². The van der Waals surface area contributed by atoms with Gasteiger partial charge in [-0.2, -0.15) is 0 Å². The van der Waals surface area contributed by atoms with Gasteiger partial charge in [-0.1, -0.05) is 18.2 Å². The van der Waals surface area contributed by atoms with Crippen LogP contribution in [0.3, 0.4) is 0 Å². The standard InChI is InChI=1S/C17H19N3O4/c1-24-11-5-10-18-17(21)13-8-9-15(16(12-13)20(22)23)19-14-6-3-2-4-7-14/h2-4,6-9,12,19H,5,10-11H2,1H3,(H,18,21). The largest absolute Gasteiger partial charge is 0.385 e. The van der Waals surface area contributed by atoms with Crippen LogP contribution in [0, 0.1) is 10.1 Å². The average molecular weight is 329 g/mol. The molecule has 0 spiro atoms. The number of nitrogens with one attached hydrogen (secondary N) is 2. The lowest BCUT2D eigenvalue weighted by Gasteiger charge is -2.09. The van der Waals surface area contributed by atoms with E-state index in [4.69, 9.17) is 4.74 Å². The van der Waals surface area contributed by atoms with Crippen molar-refractivity contribution in [1.82, 2.24) is 5.32 Å². The summed E-state index contributed by atoms with van der Waals surface area (Å²) >= 11 is 0. The number of hydrogen-bond donors (Lipinski definition) is 2. The van der Waals surface area contributed by atoms with Gasteiger partial charge in [-0.05, 0) is 30.7 Å². The zero-order chi connectivity index (χ0) is 17.4. The SMILES string of the molecule is COCCCNC(=O)c1ccc(Nc2ccccc2)c([N+](=O)[O-])c1. The topological polar surface area (TPSA) is 93.5 Å². The molecule has 0 aliphatic rings. The molecule has 0 fully saturated rings. The Bertz CT molecular complexity index is 704. The average Bonchev–Trinajstić information content (AvgIpc) is 2.59. The monoisotopic (exact) mass is 329 g/mol. The second-order valence-electron chi connectivity index (χ2n) is 5.08. The second kappa shape index (κ2) is 8.64. The van der Waals surface area contributed by atoms with Crippen LogP contribution >= 0.6 is 0 Å². The van der Waals surface area contributed by atoms with Gasteiger partial charge in [0.2, 0.25) is 0 Å². The Morgan fingerprint density at radius 3 is 2.62 bits per heavy atom. The van der Waals surface area contributed by atoms with Crippen molar-refractivity contribution in [1.29, 1.82) is 0 Å². The normalized spacial score (nSPS) is 10.2. The van der Waals surface area contributed by atoms with E-state index in [0.717, 1.165) is 5.69 Å². The van der Waals surface area contributed by atoms with E-state index in [1.807, 2.05) is 18.2 Å². The molecule has 0 aliphatic heterocycles. The summed E-state index contributed by atoms with van der Waals surface area (Å²) in [6.45, 7) is 0.991. The van der Waals surface area contributed by atoms with Crippen LogP contribution in [0.2, 0.25) is 0 Å². The van der Waals surface area contributed by atoms with Crippen LogP contribution < -0.4 is 10.6 Å². The maximum absolute atomic E-state index is 12.1. The molecule has 0 bridgehead atoms. The minimum Gasteiger partial charge on any atom is -0.385 e. The number of nitrogens with zero attached hydrogens (tertiary/aromatic N) is 1. The predicted molar refractivity (Wildman–Crippen MR) is 91.6 cm³/mol. The first-order valence-corrected chi connectivity index (χ1v) is 7.49. The highest BCUT2D eigenvalue weighted by Gasteiger charge is 2.17. The van der Waals surface area contributed by atoms with Crippen molar-refractivity contribution >= 4 is 23.0 Å². The van der Waals surface area contributed by atoms with Gasteiger partial charge >= 0.3 is 0 Å². The van der Waals surface area contributed by atoms with Crippen molar-refractivity contribution in [3.63, 3.8) is 0 Å². The van der Waals surface area contributed by atoms with Crippen molar-refractivity contribution in [2.45, 2.75) is 6.42 Å². The predicted octanol–water partition coefficient (Wildman–Crippen LogP) is 3.10. The molecule has 7 nitrogen and oxygen atoms in total. The number of methoxy groups -OCH3 is 1. The molecular formula is C17H19N3O4. The molecule has 0 saturated heterocycles. The van der Waals surface area contributed by atoms with E-state index < -0.39 is 4.92 Å². The Morgan fingerprint density at radius 1 is 1.21 bits per heavy atom. The molecule has 2 aromatic rings. The van der Waals surface area contributed by atoms with Crippen LogP contribution in [-0.2, 0) is 4.74 Å². The van der Waals surface area contributed by atoms with Gasteiger partial charge in [0.1, 0.15) is 5.69 Å². The Morgan fingerprint density at radius 2 is 1.96 bits per heavy atom. The third kappa shape index (κ3) is 4.79. The molecule has 0 aromatic heterocycles. The Kier molecular flexibility index (Phi) is 6.27. The lowest BCUT2D eigenvalue weighted by Crippen LogP contribution is -2.25. The van der Waals surface area contributed by atoms with Crippen molar-refractivity contribution in [2.75, 3.05) is 25.6 Å². The number of carbonyl (C=O) groups excluding carboxylic acids is 1. The number of benzene rings is 2. The summed E-state index contributed by atoms with van der Waals surface area (Å²) in [5, 5.41) is 17.0. The quantitative estimate of drug-likeness (QED) is 0.441. The fourth-order valence-electron chi connectivity index (χ4n) is 2.13. The zero-order valence-corrected chi connectivity index (χ0v) is 13.3. The molecule has 0 heterocycles. The third-order valence-electron chi connectivity index (χ3n) is 3.32. The molecule has 7 heteroatoms. The summed E-state index contributed by atoms with van der Waals surface area (Å²) in [4.78, 5) is 22.9. The van der Waals surface area contributed by atoms with Gasteiger partial charge in [0.25, 0.3) is 11.6 Å². The maximum Gasteiger partial charge on any atom is 0.293 e. The molecule has 0 unspecified atom stereocenters. The van der Waals surface area contributed by atoms with E-state index in [1.165, 1.54) is 12.1 Å². The minimum absolute atomic E-state index is 0.150. The van der Waals surface area contributed by atoms with Crippen molar-refractivity contribution < 1.29 is 14.5 Å². The summed E-state index contributed by atoms with van der Waals surface area (Å²) in [5.74, 6) is -0.347. The minimum atomic E-state index is -0.507. The van der Waals surface area contributed by atoms with Crippen molar-refractivity contribution in [3.8, 4) is 0 Å². The molecule has 24 heavy (non-hydrogen) atoms. The van der Waals surface area contributed by atoms with Gasteiger partial charge in [0.05, 0.1) is 4.92 Å². The van der Waals surface area contributed by atoms with Crippen LogP contribution in [-0.4, -0.2) is 31.1 Å². The number of rotatable bonds is 8. The summed E-state index contributed by atoms with van der Waals surface area (Å²) in [6, 6.07) is 13.5. The fourth-order valence-corrected chi connectivity index (χ4v) is 2.13. The lowest BCUT2D eigenvalue weighted by molar-refractivity contribution is -0.383. The van der Waals surface area contributed by atoms with Crippen LogP contribution in [0.5, 0.6) is 0 Å². The first-order chi connectivity index (χ1) is 11.6. The van der Waals surface area contributed by atoms with Crippen LogP contribution in [0.1, 0.15) is 16.8 Å². The molecule has 2 rings (SSSR count). The first kappa shape index (κ1) is 17.4. The van der Waals surface area contributed by atoms with E-state index in [9.17, 15) is 14.9 Å². The van der Waals surface area contributed by atoms with Gasteiger partial charge in [0.15, 0.2) is 0 Å². The number of nitro groups is 1. The molecule has 0 radical (unpaired) electrons. The number of nitro benzene ring substituents is 1. The van der Waals surface area contributed by atoms with Gasteiger partial charge < -0.3 is 15.4 Å². The molecule has 1 amide bonds. The number of para-hydroxylation sites is 1. The number of ether oxygens (including phenoxy) is 1. The van der Waals surface area contributed by atoms with Gasteiger partial charge in [-0.25, -0.2) is 0 Å². The van der Waals surface area contributed by atoms with E-state index in [0.29, 0.717) is 25.3 Å². The number of amides is 1. The molecule has 2 aromatic carbocycles. The first-order valence-electron chi connectivity index (χ1n) is 7.49. The van der Waals surface area contributed by atoms with E-state index in [-0.39, 0.29) is 17.2 Å². The summed E-state index contributed by atoms with van der Waals surface area (Å²) in [7, 11) is 1.59. The van der Waals surface area contributed by atoms with Crippen LogP contribution in [0.25, 0.3) is 0 Å². The van der Waals surface area contributed by atoms with Gasteiger partial charge in [0, 0.05) is 37.6 Å². The van der Waals surface area contributed by atoms with E-state index >= 15 is 0 Å². The van der Waals surface area contributed by atoms with Crippen LogP contribution in [0.4, 0.5) is 17.1 Å². The summed E-state index contributed by atoms with van der Waals surface area (Å²) < 4.78 is 4.90. The molecular weight excluding hydrogens is 310 g/mol. The summed E-state index contributed by atoms with van der Waals surface area (Å²) in [5.41, 5.74) is 1.17. The zero-order valence-electron chi connectivity index (χ0n) is 13.3. The highest BCUT2D eigenvalue weighted by molar-refractivity contribution is 5.95. The number of anilines is 2. The second-order valence-corrected chi connectivity index (χ2v) is 5.08. The smallest absolute Gasteiger partial charge is 0.293 e. The van der Waals surface area contributed by atoms with Crippen molar-refractivity contribution in [3.05, 3.63) is 64.2 Å². The number of hydrogen-bond acceptors (Lipinski definition) is 5. The fraction of sp³-hybridized carbons (Fsp3) is 0.235. The van der Waals surface area contributed by atoms with Gasteiger partial charge in [-0.3, -0.25) is 14.9 Å². The Balaban J connectivity index is 2.14. The van der Waals surface area contributed by atoms with E-state index in [1.54, 1.807) is 25.3 Å². The molecule has 0 saturated carbocycles. The Labute approximate surface area is 139 Å². The third-order valence-corrected chi connectivity index (χ3v) is 3.32. The maximum atomic E-state index is 12.1. The van der Waals surface area contributed by atoms with Gasteiger partial charge in [-0.15, -0.1) is 0 Å². The molecule has 2 N–H and O–H groups in total. The highest BCUT2D eigenvalue weighted by atomic mass is 16.6. The van der Waals surface area contributed by atoms with E-state index in [2.05, 4.69) is 10.6 Å². The Hall–Kier alpha value is -2.93. The lowest BCUT2D eigenvalue weighted by atomic mass is 10.1. The highest BCUT2D eigenvalue weighted by Crippen LogP contribution is 2.28. The molecule has 126 valence electrons. The molecule has 0 aliphatic carbocycles. The molecule has 0 atom stereocenters. The number of carbonyl (C=O) groups is 1. The summed E-state index contributed by atoms with van der Waals surface area (Å²) in [6.07, 6.45) is 0.679.